The number of nitrogens with one attached hydrogen (secondary N) is 2. The van der Waals surface area contributed by atoms with E-state index < -0.39 is 6.09 Å². The highest BCUT2D eigenvalue weighted by molar-refractivity contribution is 5.95. The van der Waals surface area contributed by atoms with Crippen LogP contribution in [0.2, 0.25) is 0 Å². The molecule has 2 amide bonds. The molecule has 1 saturated carbocycles. The predicted octanol–water partition coefficient (Wildman–Crippen LogP) is 5.11. The minimum Gasteiger partial charge on any atom is -0.489 e. The Kier molecular flexibility index (Phi) is 8.42. The van der Waals surface area contributed by atoms with Crippen molar-refractivity contribution in [1.29, 1.82) is 10.5 Å². The Bertz CT molecular complexity index is 1380. The third-order valence-corrected chi connectivity index (χ3v) is 6.21. The Labute approximate surface area is 220 Å². The number of carbonyl (C=O) groups is 2. The zero-order valence-corrected chi connectivity index (χ0v) is 20.5. The second kappa shape index (κ2) is 12.3. The summed E-state index contributed by atoms with van der Waals surface area (Å²) in [4.78, 5) is 24.0. The number of carboxylic acid groups (broad SMARTS) is 1. The molecule has 3 aromatic rings. The lowest BCUT2D eigenvalue weighted by Gasteiger charge is -2.29. The molecule has 4 rings (SSSR count). The molecule has 9 heteroatoms. The van der Waals surface area contributed by atoms with E-state index in [9.17, 15) is 9.59 Å². The Morgan fingerprint density at radius 1 is 0.816 bits per heavy atom. The van der Waals surface area contributed by atoms with Crippen LogP contribution in [-0.2, 0) is 6.61 Å². The number of ether oxygens (including phenoxy) is 2. The first-order valence-electron chi connectivity index (χ1n) is 12.2. The van der Waals surface area contributed by atoms with E-state index in [2.05, 4.69) is 22.8 Å². The van der Waals surface area contributed by atoms with E-state index in [1.54, 1.807) is 60.7 Å². The van der Waals surface area contributed by atoms with Crippen molar-refractivity contribution in [3.63, 3.8) is 0 Å². The minimum atomic E-state index is -1.04. The van der Waals surface area contributed by atoms with Gasteiger partial charge in [-0.25, -0.2) is 4.79 Å². The predicted molar refractivity (Wildman–Crippen MR) is 138 cm³/mol. The van der Waals surface area contributed by atoms with Crippen LogP contribution in [0.5, 0.6) is 17.2 Å². The molecule has 0 radical (unpaired) electrons. The number of amides is 2. The lowest BCUT2D eigenvalue weighted by molar-refractivity contribution is 0.0922. The quantitative estimate of drug-likeness (QED) is 0.382. The van der Waals surface area contributed by atoms with Crippen LogP contribution in [0.1, 0.15) is 52.7 Å². The fourth-order valence-corrected chi connectivity index (χ4v) is 4.30. The van der Waals surface area contributed by atoms with Gasteiger partial charge in [0.2, 0.25) is 0 Å². The van der Waals surface area contributed by atoms with Gasteiger partial charge in [0.05, 0.1) is 23.3 Å². The van der Waals surface area contributed by atoms with E-state index >= 15 is 0 Å². The fourth-order valence-electron chi connectivity index (χ4n) is 4.30. The molecule has 0 bridgehead atoms. The number of nitrogens with zero attached hydrogens (tertiary/aromatic N) is 2. The van der Waals surface area contributed by atoms with E-state index in [0.29, 0.717) is 59.6 Å². The Morgan fingerprint density at radius 2 is 1.47 bits per heavy atom. The van der Waals surface area contributed by atoms with Gasteiger partial charge in [-0.15, -0.1) is 0 Å². The van der Waals surface area contributed by atoms with Gasteiger partial charge in [-0.3, -0.25) is 4.79 Å². The number of hydrogen-bond acceptors (Lipinski definition) is 6. The highest BCUT2D eigenvalue weighted by Crippen LogP contribution is 2.29. The second-order valence-corrected chi connectivity index (χ2v) is 9.00. The van der Waals surface area contributed by atoms with E-state index in [-0.39, 0.29) is 24.6 Å². The lowest BCUT2D eigenvalue weighted by Crippen LogP contribution is -2.43. The maximum atomic E-state index is 13.2. The second-order valence-electron chi connectivity index (χ2n) is 9.00. The van der Waals surface area contributed by atoms with E-state index in [1.807, 2.05) is 6.07 Å². The van der Waals surface area contributed by atoms with E-state index in [4.69, 9.17) is 25.1 Å². The summed E-state index contributed by atoms with van der Waals surface area (Å²) in [5.41, 5.74) is 2.18. The van der Waals surface area contributed by atoms with Crippen LogP contribution in [0.3, 0.4) is 0 Å². The molecule has 3 aromatic carbocycles. The molecule has 1 aliphatic carbocycles. The van der Waals surface area contributed by atoms with Gasteiger partial charge in [-0.05, 0) is 79.8 Å². The Balaban J connectivity index is 1.50. The summed E-state index contributed by atoms with van der Waals surface area (Å²) in [6.07, 6.45) is 1.58. The van der Waals surface area contributed by atoms with Crippen LogP contribution < -0.4 is 20.1 Å². The van der Waals surface area contributed by atoms with Gasteiger partial charge in [0.15, 0.2) is 0 Å². The summed E-state index contributed by atoms with van der Waals surface area (Å²) in [5, 5.41) is 32.6. The van der Waals surface area contributed by atoms with Crippen LogP contribution in [0.25, 0.3) is 0 Å². The molecule has 0 unspecified atom stereocenters. The summed E-state index contributed by atoms with van der Waals surface area (Å²) in [6, 6.07) is 22.6. The SMILES string of the molecule is N#Cc1ccc(Oc2cc(OCc3cccc(C#N)c3)cc(C(=O)NC3CCC(NC(=O)O)CC3)c2)cc1. The van der Waals surface area contributed by atoms with Crippen molar-refractivity contribution in [2.45, 2.75) is 44.4 Å². The molecule has 1 aliphatic rings. The van der Waals surface area contributed by atoms with Crippen molar-refractivity contribution < 1.29 is 24.2 Å². The van der Waals surface area contributed by atoms with E-state index in [0.717, 1.165) is 5.56 Å². The van der Waals surface area contributed by atoms with Gasteiger partial charge in [-0.1, -0.05) is 12.1 Å². The first-order valence-corrected chi connectivity index (χ1v) is 12.2. The highest BCUT2D eigenvalue weighted by atomic mass is 16.5. The van der Waals surface area contributed by atoms with E-state index in [1.165, 1.54) is 0 Å². The molecule has 1 fully saturated rings. The van der Waals surface area contributed by atoms with Gasteiger partial charge in [-0.2, -0.15) is 10.5 Å². The van der Waals surface area contributed by atoms with Crippen molar-refractivity contribution in [3.05, 3.63) is 89.0 Å². The summed E-state index contributed by atoms with van der Waals surface area (Å²) in [6.45, 7) is 0.192. The molecule has 0 aromatic heterocycles. The molecule has 0 saturated heterocycles. The van der Waals surface area contributed by atoms with Crippen molar-refractivity contribution in [2.24, 2.45) is 0 Å². The molecule has 0 spiro atoms. The standard InChI is InChI=1S/C29H26N4O5/c30-16-19-4-10-25(11-5-19)38-27-14-22(28(34)32-23-6-8-24(9-7-23)33-29(35)36)13-26(15-27)37-18-21-3-1-2-20(12-21)17-31/h1-5,10-15,23-24,33H,6-9,18H2,(H,32,34)(H,35,36). The van der Waals surface area contributed by atoms with Gasteiger partial charge in [0.1, 0.15) is 23.9 Å². The van der Waals surface area contributed by atoms with Gasteiger partial charge < -0.3 is 25.2 Å². The van der Waals surface area contributed by atoms with Crippen LogP contribution in [0.4, 0.5) is 4.79 Å². The normalized spacial score (nSPS) is 16.4. The van der Waals surface area contributed by atoms with Crippen molar-refractivity contribution >= 4 is 12.0 Å². The monoisotopic (exact) mass is 510 g/mol. The first-order chi connectivity index (χ1) is 18.4. The Hall–Kier alpha value is -5.02. The first kappa shape index (κ1) is 26.1. The van der Waals surface area contributed by atoms with Crippen LogP contribution in [0.15, 0.2) is 66.7 Å². The average Bonchev–Trinajstić information content (AvgIpc) is 2.93. The molecule has 3 N–H and O–H groups in total. The lowest BCUT2D eigenvalue weighted by atomic mass is 9.91. The molecule has 0 heterocycles. The van der Waals surface area contributed by atoms with Crippen LogP contribution >= 0.6 is 0 Å². The maximum absolute atomic E-state index is 13.2. The van der Waals surface area contributed by atoms with Gasteiger partial charge in [0, 0.05) is 23.7 Å². The molecular weight excluding hydrogens is 484 g/mol. The molecule has 0 atom stereocenters. The molecule has 9 nitrogen and oxygen atoms in total. The summed E-state index contributed by atoms with van der Waals surface area (Å²) in [5.74, 6) is 1.01. The maximum Gasteiger partial charge on any atom is 0.404 e. The average molecular weight is 511 g/mol. The van der Waals surface area contributed by atoms with Crippen molar-refractivity contribution in [2.75, 3.05) is 0 Å². The smallest absolute Gasteiger partial charge is 0.404 e. The Morgan fingerprint density at radius 3 is 2.13 bits per heavy atom. The van der Waals surface area contributed by atoms with Crippen molar-refractivity contribution in [1.82, 2.24) is 10.6 Å². The third kappa shape index (κ3) is 7.25. The largest absolute Gasteiger partial charge is 0.489 e. The molecule has 38 heavy (non-hydrogen) atoms. The topological polar surface area (TPSA) is 144 Å². The minimum absolute atomic E-state index is 0.0736. The number of benzene rings is 3. The molecule has 192 valence electrons. The van der Waals surface area contributed by atoms with Gasteiger partial charge in [0.25, 0.3) is 5.91 Å². The van der Waals surface area contributed by atoms with Crippen LogP contribution in [-0.4, -0.2) is 29.2 Å². The number of carbonyl (C=O) groups excluding carboxylic acids is 1. The summed E-state index contributed by atoms with van der Waals surface area (Å²) < 4.78 is 11.9. The summed E-state index contributed by atoms with van der Waals surface area (Å²) >= 11 is 0. The molecule has 0 aliphatic heterocycles. The fraction of sp³-hybridized carbons (Fsp3) is 0.241. The van der Waals surface area contributed by atoms with Crippen LogP contribution in [0, 0.1) is 22.7 Å². The zero-order chi connectivity index (χ0) is 26.9. The summed E-state index contributed by atoms with van der Waals surface area (Å²) in [7, 11) is 0. The zero-order valence-electron chi connectivity index (χ0n) is 20.5. The third-order valence-electron chi connectivity index (χ3n) is 6.21. The molecular formula is C29H26N4O5. The highest BCUT2D eigenvalue weighted by Gasteiger charge is 2.24. The van der Waals surface area contributed by atoms with Gasteiger partial charge >= 0.3 is 6.09 Å². The van der Waals surface area contributed by atoms with Crippen molar-refractivity contribution in [3.8, 4) is 29.4 Å². The number of rotatable bonds is 8. The number of nitriles is 2. The number of hydrogen-bond donors (Lipinski definition) is 3.